The van der Waals surface area contributed by atoms with E-state index in [-0.39, 0.29) is 11.3 Å². The molecule has 100 valence electrons. The van der Waals surface area contributed by atoms with Gasteiger partial charge in [-0.25, -0.2) is 4.39 Å². The molecule has 2 rings (SSSR count). The molecule has 19 heavy (non-hydrogen) atoms. The van der Waals surface area contributed by atoms with Crippen LogP contribution >= 0.6 is 0 Å². The van der Waals surface area contributed by atoms with Crippen LogP contribution in [-0.2, 0) is 6.18 Å². The zero-order valence-corrected chi connectivity index (χ0v) is 9.39. The van der Waals surface area contributed by atoms with E-state index in [2.05, 4.69) is 9.97 Å². The summed E-state index contributed by atoms with van der Waals surface area (Å²) >= 11 is 0. The highest BCUT2D eigenvalue weighted by atomic mass is 19.4. The molecule has 2 aromatic heterocycles. The summed E-state index contributed by atoms with van der Waals surface area (Å²) in [5.41, 5.74) is -1.10. The third-order valence-corrected chi connectivity index (χ3v) is 2.49. The summed E-state index contributed by atoms with van der Waals surface area (Å²) in [6.45, 7) is 0. The molecule has 0 saturated heterocycles. The Morgan fingerprint density at radius 1 is 1.11 bits per heavy atom. The van der Waals surface area contributed by atoms with Crippen LogP contribution in [0.1, 0.15) is 22.9 Å². The lowest BCUT2D eigenvalue weighted by molar-refractivity contribution is -0.137. The summed E-state index contributed by atoms with van der Waals surface area (Å²) in [6, 6.07) is 3.03. The molecule has 0 saturated carbocycles. The normalized spacial score (nSPS) is 13.3. The molecule has 1 atom stereocenters. The van der Waals surface area contributed by atoms with E-state index in [4.69, 9.17) is 0 Å². The van der Waals surface area contributed by atoms with Crippen molar-refractivity contribution in [1.29, 1.82) is 0 Å². The van der Waals surface area contributed by atoms with E-state index in [1.165, 1.54) is 12.3 Å². The lowest BCUT2D eigenvalue weighted by Gasteiger charge is -2.12. The standard InChI is InChI=1S/C12H8F4N2O/c13-9-6-17-4-3-8(9)11(19)10-2-1-7(5-18-10)12(14,15)16/h1-6,11,19H. The zero-order chi connectivity index (χ0) is 14.0. The highest BCUT2D eigenvalue weighted by molar-refractivity contribution is 5.26. The Morgan fingerprint density at radius 3 is 2.37 bits per heavy atom. The van der Waals surface area contributed by atoms with Crippen LogP contribution in [0.3, 0.4) is 0 Å². The summed E-state index contributed by atoms with van der Waals surface area (Å²) in [4.78, 5) is 7.02. The van der Waals surface area contributed by atoms with Crippen molar-refractivity contribution in [2.24, 2.45) is 0 Å². The quantitative estimate of drug-likeness (QED) is 0.855. The van der Waals surface area contributed by atoms with Crippen molar-refractivity contribution in [2.75, 3.05) is 0 Å². The minimum absolute atomic E-state index is 0.0712. The Morgan fingerprint density at radius 2 is 1.84 bits per heavy atom. The molecule has 7 heteroatoms. The van der Waals surface area contributed by atoms with Crippen LogP contribution in [0.2, 0.25) is 0 Å². The Bertz CT molecular complexity index is 569. The molecule has 2 heterocycles. The fourth-order valence-electron chi connectivity index (χ4n) is 1.50. The molecule has 0 fully saturated rings. The second kappa shape index (κ2) is 4.93. The van der Waals surface area contributed by atoms with E-state index in [0.717, 1.165) is 18.3 Å². The van der Waals surface area contributed by atoms with Gasteiger partial charge in [0.2, 0.25) is 0 Å². The number of hydrogen-bond acceptors (Lipinski definition) is 3. The van der Waals surface area contributed by atoms with Gasteiger partial charge in [0, 0.05) is 18.0 Å². The first-order valence-corrected chi connectivity index (χ1v) is 5.20. The molecule has 0 aliphatic rings. The van der Waals surface area contributed by atoms with Gasteiger partial charge >= 0.3 is 6.18 Å². The van der Waals surface area contributed by atoms with Crippen molar-refractivity contribution in [3.63, 3.8) is 0 Å². The second-order valence-electron chi connectivity index (χ2n) is 3.77. The molecule has 0 radical (unpaired) electrons. The average Bonchev–Trinajstić information content (AvgIpc) is 2.38. The van der Waals surface area contributed by atoms with Crippen LogP contribution in [0.5, 0.6) is 0 Å². The smallest absolute Gasteiger partial charge is 0.382 e. The van der Waals surface area contributed by atoms with Gasteiger partial charge in [-0.15, -0.1) is 0 Å². The van der Waals surface area contributed by atoms with Gasteiger partial charge in [0.15, 0.2) is 0 Å². The average molecular weight is 272 g/mol. The van der Waals surface area contributed by atoms with Gasteiger partial charge < -0.3 is 5.11 Å². The van der Waals surface area contributed by atoms with Crippen molar-refractivity contribution in [1.82, 2.24) is 9.97 Å². The number of alkyl halides is 3. The summed E-state index contributed by atoms with van der Waals surface area (Å²) in [5.74, 6) is -0.753. The molecule has 0 aliphatic carbocycles. The third-order valence-electron chi connectivity index (χ3n) is 2.49. The van der Waals surface area contributed by atoms with Crippen LogP contribution in [0.4, 0.5) is 17.6 Å². The first-order valence-electron chi connectivity index (χ1n) is 5.20. The molecule has 2 aromatic rings. The maximum Gasteiger partial charge on any atom is 0.417 e. The van der Waals surface area contributed by atoms with E-state index >= 15 is 0 Å². The first kappa shape index (κ1) is 13.4. The summed E-state index contributed by atoms with van der Waals surface area (Å²) in [5, 5.41) is 9.85. The fourth-order valence-corrected chi connectivity index (χ4v) is 1.50. The van der Waals surface area contributed by atoms with Gasteiger partial charge in [-0.2, -0.15) is 13.2 Å². The number of hydrogen-bond donors (Lipinski definition) is 1. The number of aliphatic hydroxyl groups excluding tert-OH is 1. The first-order chi connectivity index (χ1) is 8.89. The van der Waals surface area contributed by atoms with Gasteiger partial charge in [0.25, 0.3) is 0 Å². The number of aliphatic hydroxyl groups is 1. The highest BCUT2D eigenvalue weighted by Crippen LogP contribution is 2.30. The molecule has 0 amide bonds. The molecule has 3 nitrogen and oxygen atoms in total. The van der Waals surface area contributed by atoms with Crippen molar-refractivity contribution >= 4 is 0 Å². The number of nitrogens with zero attached hydrogens (tertiary/aromatic N) is 2. The van der Waals surface area contributed by atoms with E-state index in [9.17, 15) is 22.7 Å². The Kier molecular flexibility index (Phi) is 3.48. The Balaban J connectivity index is 2.31. The lowest BCUT2D eigenvalue weighted by atomic mass is 10.1. The molecular formula is C12H8F4N2O. The highest BCUT2D eigenvalue weighted by Gasteiger charge is 2.31. The number of rotatable bonds is 2. The van der Waals surface area contributed by atoms with E-state index < -0.39 is 23.7 Å². The molecule has 0 spiro atoms. The molecule has 1 unspecified atom stereocenters. The van der Waals surface area contributed by atoms with Crippen molar-refractivity contribution < 1.29 is 22.7 Å². The molecule has 0 aromatic carbocycles. The van der Waals surface area contributed by atoms with Gasteiger partial charge in [0.05, 0.1) is 17.5 Å². The summed E-state index contributed by atoms with van der Waals surface area (Å²) < 4.78 is 50.4. The summed E-state index contributed by atoms with van der Waals surface area (Å²) in [6.07, 6.45) is -3.17. The summed E-state index contributed by atoms with van der Waals surface area (Å²) in [7, 11) is 0. The Labute approximate surface area is 105 Å². The molecule has 0 bridgehead atoms. The minimum Gasteiger partial charge on any atom is -0.382 e. The van der Waals surface area contributed by atoms with Gasteiger partial charge in [0.1, 0.15) is 11.9 Å². The van der Waals surface area contributed by atoms with E-state index in [1.54, 1.807) is 0 Å². The predicted octanol–water partition coefficient (Wildman–Crippen LogP) is 2.72. The van der Waals surface area contributed by atoms with Gasteiger partial charge in [-0.1, -0.05) is 0 Å². The molecule has 0 aliphatic heterocycles. The molecule has 1 N–H and O–H groups in total. The van der Waals surface area contributed by atoms with Crippen LogP contribution in [0, 0.1) is 5.82 Å². The van der Waals surface area contributed by atoms with Crippen LogP contribution in [0.15, 0.2) is 36.8 Å². The number of pyridine rings is 2. The predicted molar refractivity (Wildman–Crippen MR) is 57.5 cm³/mol. The van der Waals surface area contributed by atoms with Crippen LogP contribution in [0.25, 0.3) is 0 Å². The van der Waals surface area contributed by atoms with Crippen molar-refractivity contribution in [2.45, 2.75) is 12.3 Å². The largest absolute Gasteiger partial charge is 0.417 e. The van der Waals surface area contributed by atoms with Crippen molar-refractivity contribution in [3.05, 3.63) is 59.4 Å². The van der Waals surface area contributed by atoms with Crippen LogP contribution < -0.4 is 0 Å². The molecular weight excluding hydrogens is 264 g/mol. The zero-order valence-electron chi connectivity index (χ0n) is 9.39. The van der Waals surface area contributed by atoms with E-state index in [0.29, 0.717) is 6.20 Å². The second-order valence-corrected chi connectivity index (χ2v) is 3.77. The van der Waals surface area contributed by atoms with Gasteiger partial charge in [-0.3, -0.25) is 9.97 Å². The maximum atomic E-state index is 13.4. The maximum absolute atomic E-state index is 13.4. The number of aromatic nitrogens is 2. The number of halogens is 4. The lowest BCUT2D eigenvalue weighted by Crippen LogP contribution is -2.09. The van der Waals surface area contributed by atoms with Crippen LogP contribution in [-0.4, -0.2) is 15.1 Å². The topological polar surface area (TPSA) is 46.0 Å². The Hall–Kier alpha value is -2.02. The fraction of sp³-hybridized carbons (Fsp3) is 0.167. The van der Waals surface area contributed by atoms with Gasteiger partial charge in [-0.05, 0) is 18.2 Å². The minimum atomic E-state index is -4.50. The van der Waals surface area contributed by atoms with Crippen molar-refractivity contribution in [3.8, 4) is 0 Å². The van der Waals surface area contributed by atoms with E-state index in [1.807, 2.05) is 0 Å². The third kappa shape index (κ3) is 2.87. The SMILES string of the molecule is OC(c1ccc(C(F)(F)F)cn1)c1ccncc1F. The monoisotopic (exact) mass is 272 g/mol.